The Labute approximate surface area is 174 Å². The minimum Gasteiger partial charge on any atom is -0.477 e. The van der Waals surface area contributed by atoms with Crippen LogP contribution in [0.25, 0.3) is 5.69 Å². The Morgan fingerprint density at radius 1 is 1.20 bits per heavy atom. The van der Waals surface area contributed by atoms with Crippen LogP contribution in [0.4, 0.5) is 4.39 Å². The molecule has 0 aliphatic carbocycles. The van der Waals surface area contributed by atoms with Crippen molar-refractivity contribution in [1.82, 2.24) is 24.9 Å². The molecule has 156 valence electrons. The predicted octanol–water partition coefficient (Wildman–Crippen LogP) is 3.43. The molecule has 0 N–H and O–H groups in total. The van der Waals surface area contributed by atoms with E-state index in [2.05, 4.69) is 22.1 Å². The second-order valence-corrected chi connectivity index (χ2v) is 7.71. The summed E-state index contributed by atoms with van der Waals surface area (Å²) in [5.41, 5.74) is 2.25. The number of benzene rings is 1. The number of nitrogens with zero attached hydrogens (tertiary/aromatic N) is 5. The highest BCUT2D eigenvalue weighted by atomic mass is 19.1. The molecule has 30 heavy (non-hydrogen) atoms. The molecule has 1 fully saturated rings. The number of pyridine rings is 1. The standard InChI is InChI=1S/C22H24FN5O2/c1-15-3-7-20(28-25-9-10-26-28)19(11-15)22(29)27-13-17(5-4-16(27)2)14-30-21-8-6-18(23)12-24-21/h3,6-12,16-17H,4-5,13-14H2,1-2H3. The molecule has 3 heterocycles. The molecule has 8 heteroatoms. The van der Waals surface area contributed by atoms with E-state index in [0.717, 1.165) is 24.6 Å². The van der Waals surface area contributed by atoms with Crippen LogP contribution in [0.15, 0.2) is 48.9 Å². The van der Waals surface area contributed by atoms with E-state index in [9.17, 15) is 9.18 Å². The van der Waals surface area contributed by atoms with Gasteiger partial charge >= 0.3 is 0 Å². The smallest absolute Gasteiger partial charge is 0.256 e. The molecule has 1 aliphatic heterocycles. The summed E-state index contributed by atoms with van der Waals surface area (Å²) in [7, 11) is 0. The number of piperidine rings is 1. The molecule has 3 aromatic rings. The van der Waals surface area contributed by atoms with Gasteiger partial charge in [-0.2, -0.15) is 15.0 Å². The largest absolute Gasteiger partial charge is 0.477 e. The summed E-state index contributed by atoms with van der Waals surface area (Å²) in [6.07, 6.45) is 6.16. The van der Waals surface area contributed by atoms with Gasteiger partial charge < -0.3 is 9.64 Å². The third-order valence-corrected chi connectivity index (χ3v) is 5.42. The number of carbonyl (C=O) groups is 1. The molecule has 7 nitrogen and oxygen atoms in total. The van der Waals surface area contributed by atoms with E-state index in [1.54, 1.807) is 12.4 Å². The molecule has 2 aromatic heterocycles. The third kappa shape index (κ3) is 4.32. The number of halogens is 1. The Morgan fingerprint density at radius 3 is 2.73 bits per heavy atom. The molecule has 2 atom stereocenters. The van der Waals surface area contributed by atoms with Crippen molar-refractivity contribution in [1.29, 1.82) is 0 Å². The molecule has 0 spiro atoms. The highest BCUT2D eigenvalue weighted by molar-refractivity contribution is 5.98. The van der Waals surface area contributed by atoms with E-state index in [4.69, 9.17) is 4.74 Å². The van der Waals surface area contributed by atoms with Crippen LogP contribution in [0.5, 0.6) is 5.88 Å². The highest BCUT2D eigenvalue weighted by Crippen LogP contribution is 2.26. The molecule has 0 saturated carbocycles. The van der Waals surface area contributed by atoms with Crippen LogP contribution in [0.1, 0.15) is 35.7 Å². The Kier molecular flexibility index (Phi) is 5.74. The maximum atomic E-state index is 13.5. The van der Waals surface area contributed by atoms with Gasteiger partial charge in [0.1, 0.15) is 5.82 Å². The van der Waals surface area contributed by atoms with E-state index in [1.807, 2.05) is 30.0 Å². The van der Waals surface area contributed by atoms with E-state index in [0.29, 0.717) is 30.3 Å². The zero-order valence-corrected chi connectivity index (χ0v) is 17.0. The van der Waals surface area contributed by atoms with Crippen LogP contribution < -0.4 is 4.74 Å². The van der Waals surface area contributed by atoms with E-state index in [1.165, 1.54) is 16.9 Å². The Hall–Kier alpha value is -3.29. The first-order chi connectivity index (χ1) is 14.5. The Balaban J connectivity index is 1.50. The van der Waals surface area contributed by atoms with Gasteiger partial charge in [-0.25, -0.2) is 9.37 Å². The van der Waals surface area contributed by atoms with Gasteiger partial charge in [0.15, 0.2) is 0 Å². The van der Waals surface area contributed by atoms with Gasteiger partial charge in [-0.05, 0) is 44.9 Å². The average molecular weight is 409 g/mol. The SMILES string of the molecule is Cc1ccc(-n2nccn2)c(C(=O)N2CC(COc3ccc(F)cn3)CCC2C)c1. The Bertz CT molecular complexity index is 1010. The lowest BCUT2D eigenvalue weighted by Crippen LogP contribution is -2.47. The lowest BCUT2D eigenvalue weighted by Gasteiger charge is -2.38. The number of carbonyl (C=O) groups excluding carboxylic acids is 1. The van der Waals surface area contributed by atoms with Gasteiger partial charge in [-0.15, -0.1) is 0 Å². The summed E-state index contributed by atoms with van der Waals surface area (Å²) in [5.74, 6) is 0.126. The van der Waals surface area contributed by atoms with Crippen LogP contribution in [0.2, 0.25) is 0 Å². The fraction of sp³-hybridized carbons (Fsp3) is 0.364. The lowest BCUT2D eigenvalue weighted by atomic mass is 9.93. The molecule has 4 rings (SSSR count). The first-order valence-electron chi connectivity index (χ1n) is 10.0. The van der Waals surface area contributed by atoms with E-state index < -0.39 is 5.82 Å². The zero-order valence-electron chi connectivity index (χ0n) is 17.0. The van der Waals surface area contributed by atoms with Crippen LogP contribution in [0, 0.1) is 18.7 Å². The predicted molar refractivity (Wildman–Crippen MR) is 109 cm³/mol. The van der Waals surface area contributed by atoms with Crippen LogP contribution in [0.3, 0.4) is 0 Å². The maximum Gasteiger partial charge on any atom is 0.256 e. The van der Waals surface area contributed by atoms with E-state index in [-0.39, 0.29) is 17.9 Å². The number of hydrogen-bond acceptors (Lipinski definition) is 5. The normalized spacial score (nSPS) is 19.0. The topological polar surface area (TPSA) is 73.1 Å². The van der Waals surface area contributed by atoms with Crippen molar-refractivity contribution in [2.75, 3.05) is 13.2 Å². The lowest BCUT2D eigenvalue weighted by molar-refractivity contribution is 0.0502. The second kappa shape index (κ2) is 8.61. The summed E-state index contributed by atoms with van der Waals surface area (Å²) < 4.78 is 18.7. The van der Waals surface area contributed by atoms with Crippen LogP contribution >= 0.6 is 0 Å². The second-order valence-electron chi connectivity index (χ2n) is 7.71. The van der Waals surface area contributed by atoms with Crippen LogP contribution in [-0.4, -0.2) is 50.0 Å². The summed E-state index contributed by atoms with van der Waals surface area (Å²) in [6.45, 7) is 5.04. The number of amides is 1. The van der Waals surface area contributed by atoms with Crippen molar-refractivity contribution in [3.05, 3.63) is 65.9 Å². The van der Waals surface area contributed by atoms with Gasteiger partial charge in [-0.3, -0.25) is 4.79 Å². The summed E-state index contributed by atoms with van der Waals surface area (Å²) in [4.78, 5) is 20.8. The van der Waals surface area contributed by atoms with Crippen molar-refractivity contribution in [3.8, 4) is 11.6 Å². The van der Waals surface area contributed by atoms with Gasteiger partial charge in [0.05, 0.1) is 36.4 Å². The first kappa shape index (κ1) is 20.0. The van der Waals surface area contributed by atoms with Gasteiger partial charge in [-0.1, -0.05) is 11.6 Å². The summed E-state index contributed by atoms with van der Waals surface area (Å²) >= 11 is 0. The molecular formula is C22H24FN5O2. The first-order valence-corrected chi connectivity index (χ1v) is 10.0. The molecule has 1 amide bonds. The molecular weight excluding hydrogens is 385 g/mol. The monoisotopic (exact) mass is 409 g/mol. The molecule has 0 radical (unpaired) electrons. The molecule has 1 aliphatic rings. The number of likely N-dealkylation sites (tertiary alicyclic amines) is 1. The van der Waals surface area contributed by atoms with Gasteiger partial charge in [0.25, 0.3) is 5.91 Å². The third-order valence-electron chi connectivity index (χ3n) is 5.42. The number of hydrogen-bond donors (Lipinski definition) is 0. The van der Waals surface area contributed by atoms with Crippen molar-refractivity contribution in [2.45, 2.75) is 32.7 Å². The fourth-order valence-corrected chi connectivity index (χ4v) is 3.74. The van der Waals surface area contributed by atoms with Gasteiger partial charge in [0.2, 0.25) is 5.88 Å². The van der Waals surface area contributed by atoms with Crippen molar-refractivity contribution < 1.29 is 13.9 Å². The summed E-state index contributed by atoms with van der Waals surface area (Å²) in [6, 6.07) is 8.66. The van der Waals surface area contributed by atoms with Crippen molar-refractivity contribution >= 4 is 5.91 Å². The van der Waals surface area contributed by atoms with Crippen LogP contribution in [-0.2, 0) is 0 Å². The molecule has 1 aromatic carbocycles. The number of aryl methyl sites for hydroxylation is 1. The molecule has 2 unspecified atom stereocenters. The Morgan fingerprint density at radius 2 is 2.00 bits per heavy atom. The van der Waals surface area contributed by atoms with E-state index >= 15 is 0 Å². The quantitative estimate of drug-likeness (QED) is 0.646. The average Bonchev–Trinajstić information content (AvgIpc) is 3.28. The number of rotatable bonds is 5. The number of ether oxygens (including phenoxy) is 1. The van der Waals surface area contributed by atoms with Crippen molar-refractivity contribution in [3.63, 3.8) is 0 Å². The maximum absolute atomic E-state index is 13.5. The zero-order chi connectivity index (χ0) is 21.1. The highest BCUT2D eigenvalue weighted by Gasteiger charge is 2.31. The summed E-state index contributed by atoms with van der Waals surface area (Å²) in [5, 5.41) is 8.38. The number of aromatic nitrogens is 4. The minimum atomic E-state index is -0.397. The molecule has 1 saturated heterocycles. The molecule has 0 bridgehead atoms. The van der Waals surface area contributed by atoms with Gasteiger partial charge in [0, 0.05) is 24.6 Å². The fourth-order valence-electron chi connectivity index (χ4n) is 3.74. The minimum absolute atomic E-state index is 0.0388. The van der Waals surface area contributed by atoms with Crippen molar-refractivity contribution in [2.24, 2.45) is 5.92 Å².